The molecule has 0 saturated carbocycles. The van der Waals surface area contributed by atoms with Gasteiger partial charge in [-0.15, -0.1) is 0 Å². The van der Waals surface area contributed by atoms with Crippen LogP contribution in [0.3, 0.4) is 0 Å². The second-order valence-corrected chi connectivity index (χ2v) is 7.91. The number of rotatable bonds is 8. The molecule has 1 heterocycles. The first-order valence-corrected chi connectivity index (χ1v) is 10.3. The van der Waals surface area contributed by atoms with Gasteiger partial charge < -0.3 is 14.8 Å². The number of ether oxygens (including phenoxy) is 2. The number of anilines is 3. The van der Waals surface area contributed by atoms with E-state index in [0.29, 0.717) is 34.9 Å². The van der Waals surface area contributed by atoms with Crippen LogP contribution in [-0.4, -0.2) is 38.4 Å². The smallest absolute Gasteiger partial charge is 0.232 e. The number of methoxy groups -OCH3 is 2. The fourth-order valence-corrected chi connectivity index (χ4v) is 3.88. The van der Waals surface area contributed by atoms with E-state index in [-0.39, 0.29) is 5.75 Å². The van der Waals surface area contributed by atoms with E-state index in [1.165, 1.54) is 6.33 Å². The zero-order valence-corrected chi connectivity index (χ0v) is 16.7. The van der Waals surface area contributed by atoms with Crippen LogP contribution in [0.2, 0.25) is 0 Å². The van der Waals surface area contributed by atoms with Crippen molar-refractivity contribution in [1.82, 2.24) is 9.97 Å². The molecule has 9 heteroatoms. The summed E-state index contributed by atoms with van der Waals surface area (Å²) in [5, 5.41) is 4.00. The summed E-state index contributed by atoms with van der Waals surface area (Å²) >= 11 is 0. The molecule has 0 radical (unpaired) electrons. The second kappa shape index (κ2) is 8.30. The zero-order valence-electron chi connectivity index (χ0n) is 15.9. The van der Waals surface area contributed by atoms with Crippen molar-refractivity contribution in [1.29, 1.82) is 0 Å². The summed E-state index contributed by atoms with van der Waals surface area (Å²) in [6.07, 6.45) is 2.02. The lowest BCUT2D eigenvalue weighted by molar-refractivity contribution is 0.356. The maximum atomic E-state index is 11.9. The Hall–Kier alpha value is -3.07. The number of benzene rings is 2. The van der Waals surface area contributed by atoms with Crippen molar-refractivity contribution in [3.63, 3.8) is 0 Å². The standard InChI is InChI=1S/C19H22N4O4S/c1-4-9-28(24,25)23-14-7-5-13(6-8-14)22-19-15-10-17(26-2)18(27-3)11-16(15)20-12-21-19/h5-8,10-12,23H,4,9H2,1-3H3,(H,20,21,22). The van der Waals surface area contributed by atoms with Gasteiger partial charge >= 0.3 is 0 Å². The van der Waals surface area contributed by atoms with Crippen LogP contribution >= 0.6 is 0 Å². The van der Waals surface area contributed by atoms with E-state index < -0.39 is 10.0 Å². The van der Waals surface area contributed by atoms with Crippen LogP contribution in [0.4, 0.5) is 17.2 Å². The summed E-state index contributed by atoms with van der Waals surface area (Å²) in [6, 6.07) is 10.5. The van der Waals surface area contributed by atoms with E-state index >= 15 is 0 Å². The minimum atomic E-state index is -3.32. The van der Waals surface area contributed by atoms with Gasteiger partial charge in [-0.2, -0.15) is 0 Å². The highest BCUT2D eigenvalue weighted by atomic mass is 32.2. The first kappa shape index (κ1) is 19.7. The highest BCUT2D eigenvalue weighted by Crippen LogP contribution is 2.34. The molecule has 0 aliphatic rings. The van der Waals surface area contributed by atoms with E-state index in [1.54, 1.807) is 44.6 Å². The van der Waals surface area contributed by atoms with E-state index in [2.05, 4.69) is 20.0 Å². The normalized spacial score (nSPS) is 11.2. The maximum Gasteiger partial charge on any atom is 0.232 e. The summed E-state index contributed by atoms with van der Waals surface area (Å²) in [7, 11) is -0.178. The highest BCUT2D eigenvalue weighted by Gasteiger charge is 2.12. The van der Waals surface area contributed by atoms with Gasteiger partial charge in [0, 0.05) is 22.8 Å². The van der Waals surface area contributed by atoms with Gasteiger partial charge in [-0.3, -0.25) is 4.72 Å². The molecule has 0 saturated heterocycles. The molecule has 2 N–H and O–H groups in total. The molecule has 8 nitrogen and oxygen atoms in total. The molecular weight excluding hydrogens is 380 g/mol. The number of hydrogen-bond acceptors (Lipinski definition) is 7. The van der Waals surface area contributed by atoms with Crippen LogP contribution in [-0.2, 0) is 10.0 Å². The molecule has 3 aromatic rings. The third-order valence-corrected chi connectivity index (χ3v) is 5.53. The van der Waals surface area contributed by atoms with Crippen LogP contribution in [0.1, 0.15) is 13.3 Å². The predicted octanol–water partition coefficient (Wildman–Crippen LogP) is 3.54. The molecule has 0 atom stereocenters. The van der Waals surface area contributed by atoms with Crippen LogP contribution in [0.15, 0.2) is 42.7 Å². The van der Waals surface area contributed by atoms with E-state index in [1.807, 2.05) is 13.0 Å². The number of hydrogen-bond donors (Lipinski definition) is 2. The van der Waals surface area contributed by atoms with Crippen LogP contribution in [0.25, 0.3) is 10.9 Å². The van der Waals surface area contributed by atoms with Crippen molar-refractivity contribution in [2.24, 2.45) is 0 Å². The van der Waals surface area contributed by atoms with Crippen LogP contribution < -0.4 is 19.5 Å². The topological polar surface area (TPSA) is 102 Å². The Balaban J connectivity index is 1.86. The Morgan fingerprint density at radius 1 is 0.964 bits per heavy atom. The number of nitrogens with one attached hydrogen (secondary N) is 2. The molecule has 0 spiro atoms. The van der Waals surface area contributed by atoms with Gasteiger partial charge in [0.1, 0.15) is 12.1 Å². The van der Waals surface area contributed by atoms with Gasteiger partial charge in [-0.25, -0.2) is 18.4 Å². The SMILES string of the molecule is CCCS(=O)(=O)Nc1ccc(Nc2ncnc3cc(OC)c(OC)cc23)cc1. The summed E-state index contributed by atoms with van der Waals surface area (Å²) in [4.78, 5) is 8.59. The van der Waals surface area contributed by atoms with E-state index in [9.17, 15) is 8.42 Å². The van der Waals surface area contributed by atoms with Crippen LogP contribution in [0, 0.1) is 0 Å². The monoisotopic (exact) mass is 402 g/mol. The Morgan fingerprint density at radius 3 is 2.25 bits per heavy atom. The molecule has 0 aliphatic heterocycles. The molecule has 28 heavy (non-hydrogen) atoms. The summed E-state index contributed by atoms with van der Waals surface area (Å²) in [5.41, 5.74) is 1.98. The van der Waals surface area contributed by atoms with Gasteiger partial charge in [0.05, 0.1) is 25.5 Å². The number of nitrogens with zero attached hydrogens (tertiary/aromatic N) is 2. The van der Waals surface area contributed by atoms with E-state index in [0.717, 1.165) is 11.1 Å². The van der Waals surface area contributed by atoms with Crippen molar-refractivity contribution in [3.05, 3.63) is 42.7 Å². The number of fused-ring (bicyclic) bond motifs is 1. The second-order valence-electron chi connectivity index (χ2n) is 6.07. The molecule has 2 aromatic carbocycles. The van der Waals surface area contributed by atoms with Gasteiger partial charge in [-0.05, 0) is 36.8 Å². The van der Waals surface area contributed by atoms with Gasteiger partial charge in [-0.1, -0.05) is 6.92 Å². The lowest BCUT2D eigenvalue weighted by atomic mass is 10.2. The van der Waals surface area contributed by atoms with Crippen molar-refractivity contribution in [3.8, 4) is 11.5 Å². The largest absolute Gasteiger partial charge is 0.493 e. The minimum Gasteiger partial charge on any atom is -0.493 e. The number of sulfonamides is 1. The predicted molar refractivity (Wildman–Crippen MR) is 110 cm³/mol. The fourth-order valence-electron chi connectivity index (χ4n) is 2.74. The third-order valence-electron chi connectivity index (χ3n) is 4.03. The van der Waals surface area contributed by atoms with E-state index in [4.69, 9.17) is 9.47 Å². The lowest BCUT2D eigenvalue weighted by Crippen LogP contribution is -2.15. The van der Waals surface area contributed by atoms with Crippen molar-refractivity contribution >= 4 is 38.1 Å². The molecule has 148 valence electrons. The Bertz CT molecular complexity index is 1070. The quantitative estimate of drug-likeness (QED) is 0.594. The van der Waals surface area contributed by atoms with Crippen LogP contribution in [0.5, 0.6) is 11.5 Å². The van der Waals surface area contributed by atoms with Crippen molar-refractivity contribution in [2.45, 2.75) is 13.3 Å². The zero-order chi connectivity index (χ0) is 20.1. The molecule has 0 unspecified atom stereocenters. The first-order chi connectivity index (χ1) is 13.5. The average Bonchev–Trinajstić information content (AvgIpc) is 2.68. The fraction of sp³-hybridized carbons (Fsp3) is 0.263. The first-order valence-electron chi connectivity index (χ1n) is 8.70. The van der Waals surface area contributed by atoms with Gasteiger partial charge in [0.2, 0.25) is 10.0 Å². The minimum absolute atomic E-state index is 0.0885. The Labute approximate surface area is 164 Å². The Kier molecular flexibility index (Phi) is 5.84. The van der Waals surface area contributed by atoms with Crippen molar-refractivity contribution < 1.29 is 17.9 Å². The lowest BCUT2D eigenvalue weighted by Gasteiger charge is -2.12. The summed E-state index contributed by atoms with van der Waals surface area (Å²) in [5.74, 6) is 1.85. The molecule has 1 aromatic heterocycles. The number of aromatic nitrogens is 2. The molecule has 3 rings (SSSR count). The molecule has 0 fully saturated rings. The third kappa shape index (κ3) is 4.42. The summed E-state index contributed by atoms with van der Waals surface area (Å²) < 4.78 is 37.0. The van der Waals surface area contributed by atoms with Crippen molar-refractivity contribution in [2.75, 3.05) is 30.0 Å². The molecule has 0 amide bonds. The molecule has 0 aliphatic carbocycles. The molecular formula is C19H22N4O4S. The maximum absolute atomic E-state index is 11.9. The summed E-state index contributed by atoms with van der Waals surface area (Å²) in [6.45, 7) is 1.82. The average molecular weight is 402 g/mol. The van der Waals surface area contributed by atoms with Gasteiger partial charge in [0.15, 0.2) is 11.5 Å². The Morgan fingerprint density at radius 2 is 1.61 bits per heavy atom. The molecule has 0 bridgehead atoms. The highest BCUT2D eigenvalue weighted by molar-refractivity contribution is 7.92. The van der Waals surface area contributed by atoms with Gasteiger partial charge in [0.25, 0.3) is 0 Å².